The molecule has 0 spiro atoms. The van der Waals surface area contributed by atoms with Gasteiger partial charge in [-0.2, -0.15) is 0 Å². The third kappa shape index (κ3) is 3.05. The molecule has 0 heterocycles. The van der Waals surface area contributed by atoms with Gasteiger partial charge in [-0.05, 0) is 48.8 Å². The minimum atomic E-state index is 0.272. The van der Waals surface area contributed by atoms with E-state index < -0.39 is 0 Å². The first-order valence-corrected chi connectivity index (χ1v) is 7.14. The summed E-state index contributed by atoms with van der Waals surface area (Å²) in [7, 11) is 0. The monoisotopic (exact) mass is 246 g/mol. The van der Waals surface area contributed by atoms with Crippen molar-refractivity contribution in [2.75, 3.05) is 5.32 Å². The molecule has 2 heteroatoms. The largest absolute Gasteiger partial charge is 0.382 e. The van der Waals surface area contributed by atoms with Gasteiger partial charge in [0.2, 0.25) is 0 Å². The van der Waals surface area contributed by atoms with E-state index >= 15 is 0 Å². The van der Waals surface area contributed by atoms with Crippen molar-refractivity contribution in [3.05, 3.63) is 29.8 Å². The Balaban J connectivity index is 2.00. The second kappa shape index (κ2) is 5.31. The minimum absolute atomic E-state index is 0.272. The van der Waals surface area contributed by atoms with Gasteiger partial charge in [-0.15, -0.1) is 0 Å². The molecule has 2 unspecified atom stereocenters. The normalized spacial score (nSPS) is 24.2. The summed E-state index contributed by atoms with van der Waals surface area (Å²) in [5, 5.41) is 3.59. The molecular weight excluding hydrogens is 220 g/mol. The summed E-state index contributed by atoms with van der Waals surface area (Å²) in [4.78, 5) is 0. The predicted molar refractivity (Wildman–Crippen MR) is 79.0 cm³/mol. The van der Waals surface area contributed by atoms with Gasteiger partial charge in [-0.25, -0.2) is 0 Å². The van der Waals surface area contributed by atoms with Crippen LogP contribution in [0.1, 0.15) is 52.0 Å². The molecule has 1 aromatic rings. The third-order valence-corrected chi connectivity index (χ3v) is 4.39. The highest BCUT2D eigenvalue weighted by molar-refractivity contribution is 5.46. The standard InChI is InChI=1S/C16H26N2/c1-4-16(2,3)12-5-8-14(9-6-12)18-15-10-7-13(17)11-15/h5-6,8-9,13,15,18H,4,7,10-11,17H2,1-3H3. The number of nitrogens with one attached hydrogen (secondary N) is 1. The van der Waals surface area contributed by atoms with Gasteiger partial charge in [-0.1, -0.05) is 32.9 Å². The zero-order valence-electron chi connectivity index (χ0n) is 11.9. The van der Waals surface area contributed by atoms with Crippen molar-refractivity contribution in [2.24, 2.45) is 5.73 Å². The molecule has 0 bridgehead atoms. The zero-order chi connectivity index (χ0) is 13.2. The van der Waals surface area contributed by atoms with E-state index in [0.717, 1.165) is 19.3 Å². The molecule has 1 aliphatic carbocycles. The van der Waals surface area contributed by atoms with Crippen LogP contribution in [0.5, 0.6) is 0 Å². The number of hydrogen-bond donors (Lipinski definition) is 2. The molecule has 1 saturated carbocycles. The average molecular weight is 246 g/mol. The Kier molecular flexibility index (Phi) is 3.96. The molecule has 1 aromatic carbocycles. The topological polar surface area (TPSA) is 38.0 Å². The van der Waals surface area contributed by atoms with Gasteiger partial charge in [-0.3, -0.25) is 0 Å². The van der Waals surface area contributed by atoms with Crippen LogP contribution in [0, 0.1) is 0 Å². The maximum Gasteiger partial charge on any atom is 0.0342 e. The van der Waals surface area contributed by atoms with Gasteiger partial charge in [0.25, 0.3) is 0 Å². The maximum absolute atomic E-state index is 5.94. The van der Waals surface area contributed by atoms with Crippen LogP contribution in [0.3, 0.4) is 0 Å². The first kappa shape index (κ1) is 13.4. The highest BCUT2D eigenvalue weighted by atomic mass is 14.9. The van der Waals surface area contributed by atoms with Crippen LogP contribution in [-0.4, -0.2) is 12.1 Å². The molecule has 0 amide bonds. The first-order valence-electron chi connectivity index (χ1n) is 7.14. The van der Waals surface area contributed by atoms with E-state index in [0.29, 0.717) is 12.1 Å². The molecule has 0 saturated heterocycles. The van der Waals surface area contributed by atoms with Crippen molar-refractivity contribution in [1.29, 1.82) is 0 Å². The van der Waals surface area contributed by atoms with Gasteiger partial charge in [0.15, 0.2) is 0 Å². The fraction of sp³-hybridized carbons (Fsp3) is 0.625. The van der Waals surface area contributed by atoms with Crippen LogP contribution < -0.4 is 11.1 Å². The number of benzene rings is 1. The van der Waals surface area contributed by atoms with E-state index in [-0.39, 0.29) is 5.41 Å². The van der Waals surface area contributed by atoms with Crippen LogP contribution in [-0.2, 0) is 5.41 Å². The number of rotatable bonds is 4. The molecule has 0 aromatic heterocycles. The van der Waals surface area contributed by atoms with Gasteiger partial charge >= 0.3 is 0 Å². The summed E-state index contributed by atoms with van der Waals surface area (Å²) in [6.07, 6.45) is 4.61. The van der Waals surface area contributed by atoms with Crippen molar-refractivity contribution >= 4 is 5.69 Å². The quantitative estimate of drug-likeness (QED) is 0.850. The summed E-state index contributed by atoms with van der Waals surface area (Å²) >= 11 is 0. The van der Waals surface area contributed by atoms with Crippen LogP contribution >= 0.6 is 0 Å². The van der Waals surface area contributed by atoms with Gasteiger partial charge < -0.3 is 11.1 Å². The molecule has 1 fully saturated rings. The molecule has 0 radical (unpaired) electrons. The van der Waals surface area contributed by atoms with Crippen molar-refractivity contribution in [2.45, 2.75) is 64.0 Å². The number of hydrogen-bond acceptors (Lipinski definition) is 2. The molecule has 2 rings (SSSR count). The fourth-order valence-electron chi connectivity index (χ4n) is 2.60. The molecule has 2 atom stereocenters. The Morgan fingerprint density at radius 3 is 2.39 bits per heavy atom. The minimum Gasteiger partial charge on any atom is -0.382 e. The Labute approximate surface area is 111 Å². The van der Waals surface area contributed by atoms with Crippen molar-refractivity contribution in [1.82, 2.24) is 0 Å². The van der Waals surface area contributed by atoms with Crippen LogP contribution in [0.25, 0.3) is 0 Å². The average Bonchev–Trinajstić information content (AvgIpc) is 2.75. The summed E-state index contributed by atoms with van der Waals surface area (Å²) < 4.78 is 0. The summed E-state index contributed by atoms with van der Waals surface area (Å²) in [5.41, 5.74) is 8.85. The predicted octanol–water partition coefficient (Wildman–Crippen LogP) is 3.67. The molecule has 3 N–H and O–H groups in total. The van der Waals surface area contributed by atoms with E-state index in [4.69, 9.17) is 5.73 Å². The highest BCUT2D eigenvalue weighted by Crippen LogP contribution is 2.28. The molecule has 0 aliphatic heterocycles. The lowest BCUT2D eigenvalue weighted by molar-refractivity contribution is 0.506. The maximum atomic E-state index is 5.94. The lowest BCUT2D eigenvalue weighted by Crippen LogP contribution is -2.21. The third-order valence-electron chi connectivity index (χ3n) is 4.39. The van der Waals surface area contributed by atoms with Crippen LogP contribution in [0.4, 0.5) is 5.69 Å². The molecule has 1 aliphatic rings. The van der Waals surface area contributed by atoms with E-state index in [1.165, 1.54) is 17.7 Å². The van der Waals surface area contributed by atoms with Crippen LogP contribution in [0.15, 0.2) is 24.3 Å². The van der Waals surface area contributed by atoms with E-state index in [2.05, 4.69) is 50.4 Å². The van der Waals surface area contributed by atoms with Gasteiger partial charge in [0.1, 0.15) is 0 Å². The second-order valence-corrected chi connectivity index (χ2v) is 6.23. The Morgan fingerprint density at radius 2 is 1.89 bits per heavy atom. The lowest BCUT2D eigenvalue weighted by atomic mass is 9.82. The van der Waals surface area contributed by atoms with E-state index in [1.807, 2.05) is 0 Å². The Bertz CT molecular complexity index is 381. The summed E-state index contributed by atoms with van der Waals surface area (Å²) in [6, 6.07) is 9.86. The smallest absolute Gasteiger partial charge is 0.0342 e. The summed E-state index contributed by atoms with van der Waals surface area (Å²) in [5.74, 6) is 0. The summed E-state index contributed by atoms with van der Waals surface area (Å²) in [6.45, 7) is 6.84. The molecule has 2 nitrogen and oxygen atoms in total. The fourth-order valence-corrected chi connectivity index (χ4v) is 2.60. The van der Waals surface area contributed by atoms with Crippen LogP contribution in [0.2, 0.25) is 0 Å². The SMILES string of the molecule is CCC(C)(C)c1ccc(NC2CCC(N)C2)cc1. The lowest BCUT2D eigenvalue weighted by Gasteiger charge is -2.24. The zero-order valence-corrected chi connectivity index (χ0v) is 11.9. The van der Waals surface area contributed by atoms with Gasteiger partial charge in [0, 0.05) is 17.8 Å². The molecule has 100 valence electrons. The number of nitrogens with two attached hydrogens (primary N) is 1. The Morgan fingerprint density at radius 1 is 1.22 bits per heavy atom. The van der Waals surface area contributed by atoms with E-state index in [9.17, 15) is 0 Å². The van der Waals surface area contributed by atoms with Gasteiger partial charge in [0.05, 0.1) is 0 Å². The second-order valence-electron chi connectivity index (χ2n) is 6.23. The van der Waals surface area contributed by atoms with Crippen molar-refractivity contribution in [3.8, 4) is 0 Å². The Hall–Kier alpha value is -1.02. The molecular formula is C16H26N2. The van der Waals surface area contributed by atoms with Crippen molar-refractivity contribution < 1.29 is 0 Å². The number of anilines is 1. The van der Waals surface area contributed by atoms with E-state index in [1.54, 1.807) is 0 Å². The highest BCUT2D eigenvalue weighted by Gasteiger charge is 2.22. The first-order chi connectivity index (χ1) is 8.51. The molecule has 18 heavy (non-hydrogen) atoms. The van der Waals surface area contributed by atoms with Crippen molar-refractivity contribution in [3.63, 3.8) is 0 Å².